The van der Waals surface area contributed by atoms with Gasteiger partial charge in [0, 0.05) is 36.0 Å². The molecule has 0 saturated carbocycles. The number of benzene rings is 1. The first-order valence-corrected chi connectivity index (χ1v) is 15.2. The number of rotatable bonds is 1. The van der Waals surface area contributed by atoms with Crippen LogP contribution in [0, 0.1) is 23.2 Å². The van der Waals surface area contributed by atoms with Gasteiger partial charge in [-0.2, -0.15) is 5.26 Å². The van der Waals surface area contributed by atoms with Gasteiger partial charge >= 0.3 is 5.97 Å². The van der Waals surface area contributed by atoms with Crippen LogP contribution < -0.4 is 0 Å². The second kappa shape index (κ2) is 14.0. The monoisotopic (exact) mass is 573 g/mol. The minimum absolute atomic E-state index is 0.0197. The Kier molecular flexibility index (Phi) is 10.1. The number of hydrogen-bond acceptors (Lipinski definition) is 7. The van der Waals surface area contributed by atoms with E-state index in [1.165, 1.54) is 12.2 Å². The largest absolute Gasteiger partial charge is 0.458 e. The summed E-state index contributed by atoms with van der Waals surface area (Å²) in [5, 5.41) is 9.29. The van der Waals surface area contributed by atoms with E-state index in [0.29, 0.717) is 19.4 Å². The molecule has 0 aromatic heterocycles. The Labute approximate surface area is 249 Å². The minimum atomic E-state index is -0.417. The molecule has 1 aromatic rings. The van der Waals surface area contributed by atoms with E-state index < -0.39 is 6.29 Å². The van der Waals surface area contributed by atoms with E-state index in [9.17, 15) is 10.1 Å². The van der Waals surface area contributed by atoms with Gasteiger partial charge in [-0.05, 0) is 56.2 Å². The van der Waals surface area contributed by atoms with Crippen LogP contribution in [0.15, 0.2) is 66.3 Å². The third kappa shape index (κ3) is 7.48. The summed E-state index contributed by atoms with van der Waals surface area (Å²) in [6.45, 7) is 10.9. The first-order chi connectivity index (χ1) is 20.3. The Morgan fingerprint density at radius 3 is 2.67 bits per heavy atom. The molecular weight excluding hydrogens is 530 g/mol. The van der Waals surface area contributed by atoms with Crippen molar-refractivity contribution in [2.75, 3.05) is 6.61 Å². The van der Waals surface area contributed by atoms with Crippen molar-refractivity contribution in [1.82, 2.24) is 0 Å². The summed E-state index contributed by atoms with van der Waals surface area (Å²) in [6.07, 6.45) is 12.2. The number of nitriles is 1. The molecule has 3 fully saturated rings. The van der Waals surface area contributed by atoms with Gasteiger partial charge in [-0.25, -0.2) is 4.79 Å². The quantitative estimate of drug-likeness (QED) is 0.208. The summed E-state index contributed by atoms with van der Waals surface area (Å²) in [7, 11) is 0. The molecule has 0 amide bonds. The molecule has 0 spiro atoms. The van der Waals surface area contributed by atoms with Crippen molar-refractivity contribution >= 4 is 12.0 Å². The Morgan fingerprint density at radius 2 is 1.83 bits per heavy atom. The van der Waals surface area contributed by atoms with Crippen molar-refractivity contribution in [3.8, 4) is 6.07 Å². The van der Waals surface area contributed by atoms with Gasteiger partial charge in [-0.15, -0.1) is 0 Å². The number of fused-ring (bicyclic) bond motifs is 9. The molecule has 0 aliphatic carbocycles. The molecule has 1 aromatic carbocycles. The van der Waals surface area contributed by atoms with Gasteiger partial charge in [0.2, 0.25) is 0 Å². The third-order valence-corrected chi connectivity index (χ3v) is 8.90. The smallest absolute Gasteiger partial charge is 0.330 e. The molecule has 8 bridgehead atoms. The van der Waals surface area contributed by atoms with Crippen molar-refractivity contribution in [1.29, 1.82) is 5.26 Å². The van der Waals surface area contributed by atoms with Crippen LogP contribution in [0.25, 0.3) is 6.08 Å². The number of allylic oxidation sites excluding steroid dienone is 1. The predicted octanol–water partition coefficient (Wildman–Crippen LogP) is 6.77. The molecule has 9 unspecified atom stereocenters. The number of nitrogens with zero attached hydrogens (tertiary/aromatic N) is 1. The van der Waals surface area contributed by atoms with Crippen LogP contribution in [0.2, 0.25) is 0 Å². The van der Waals surface area contributed by atoms with Crippen LogP contribution >= 0.6 is 0 Å². The van der Waals surface area contributed by atoms with Crippen LogP contribution in [0.4, 0.5) is 0 Å². The summed E-state index contributed by atoms with van der Waals surface area (Å²) < 4.78 is 31.5. The molecule has 7 nitrogen and oxygen atoms in total. The van der Waals surface area contributed by atoms with E-state index in [2.05, 4.69) is 43.9 Å². The average Bonchev–Trinajstić information content (AvgIpc) is 2.96. The molecule has 9 atom stereocenters. The molecule has 4 aliphatic heterocycles. The number of esters is 1. The van der Waals surface area contributed by atoms with E-state index in [1.807, 2.05) is 32.1 Å². The lowest BCUT2D eigenvalue weighted by Crippen LogP contribution is -2.50. The molecule has 3 saturated heterocycles. The second-order valence-corrected chi connectivity index (χ2v) is 12.2. The molecule has 7 heteroatoms. The molecule has 224 valence electrons. The van der Waals surface area contributed by atoms with Crippen molar-refractivity contribution in [3.63, 3.8) is 0 Å². The highest BCUT2D eigenvalue weighted by molar-refractivity contribution is 5.82. The normalized spacial score (nSPS) is 37.9. The summed E-state index contributed by atoms with van der Waals surface area (Å²) in [6, 6.07) is 10.4. The highest BCUT2D eigenvalue weighted by Crippen LogP contribution is 2.38. The lowest BCUT2D eigenvalue weighted by molar-refractivity contribution is -0.225. The van der Waals surface area contributed by atoms with E-state index in [0.717, 1.165) is 48.0 Å². The Morgan fingerprint density at radius 1 is 1.02 bits per heavy atom. The van der Waals surface area contributed by atoms with Gasteiger partial charge in [0.05, 0.1) is 43.2 Å². The lowest BCUT2D eigenvalue weighted by Gasteiger charge is -2.44. The Bertz CT molecular complexity index is 1260. The minimum Gasteiger partial charge on any atom is -0.458 e. The van der Waals surface area contributed by atoms with E-state index >= 15 is 0 Å². The highest BCUT2D eigenvalue weighted by atomic mass is 16.7. The summed E-state index contributed by atoms with van der Waals surface area (Å²) in [5.74, 6) is -0.517. The molecule has 4 aliphatic rings. The molecular formula is C35H43NO6. The maximum absolute atomic E-state index is 13.0. The van der Waals surface area contributed by atoms with Crippen molar-refractivity contribution < 1.29 is 28.5 Å². The predicted molar refractivity (Wildman–Crippen MR) is 160 cm³/mol. The zero-order valence-corrected chi connectivity index (χ0v) is 24.9. The Hall–Kier alpha value is -3.02. The highest BCUT2D eigenvalue weighted by Gasteiger charge is 2.43. The van der Waals surface area contributed by atoms with Gasteiger partial charge in [0.1, 0.15) is 6.10 Å². The molecule has 42 heavy (non-hydrogen) atoms. The van der Waals surface area contributed by atoms with Crippen LogP contribution in [-0.2, 0) is 28.5 Å². The van der Waals surface area contributed by atoms with Gasteiger partial charge in [0.15, 0.2) is 6.29 Å². The lowest BCUT2D eigenvalue weighted by atomic mass is 9.79. The molecule has 4 heterocycles. The van der Waals surface area contributed by atoms with Crippen LogP contribution in [0.5, 0.6) is 0 Å². The second-order valence-electron chi connectivity index (χ2n) is 12.2. The van der Waals surface area contributed by atoms with Crippen molar-refractivity contribution in [2.24, 2.45) is 11.8 Å². The number of ether oxygens (including phenoxy) is 5. The van der Waals surface area contributed by atoms with Gasteiger partial charge in [-0.1, -0.05) is 62.4 Å². The van der Waals surface area contributed by atoms with Gasteiger partial charge in [-0.3, -0.25) is 0 Å². The fraction of sp³-hybridized carbons (Fsp3) is 0.543. The molecule has 0 radical (unpaired) electrons. The summed E-state index contributed by atoms with van der Waals surface area (Å²) in [5.41, 5.74) is 4.03. The average molecular weight is 574 g/mol. The molecule has 0 N–H and O–H groups in total. The van der Waals surface area contributed by atoms with Crippen molar-refractivity contribution in [2.45, 2.75) is 102 Å². The summed E-state index contributed by atoms with van der Waals surface area (Å²) in [4.78, 5) is 13.0. The van der Waals surface area contributed by atoms with Crippen LogP contribution in [0.3, 0.4) is 0 Å². The van der Waals surface area contributed by atoms with E-state index in [1.54, 1.807) is 0 Å². The first kappa shape index (κ1) is 30.4. The zero-order chi connectivity index (χ0) is 29.6. The fourth-order valence-electron chi connectivity index (χ4n) is 6.73. The number of hydrogen-bond donors (Lipinski definition) is 0. The third-order valence-electron chi connectivity index (χ3n) is 8.90. The van der Waals surface area contributed by atoms with Gasteiger partial charge in [0.25, 0.3) is 0 Å². The van der Waals surface area contributed by atoms with Crippen LogP contribution in [0.1, 0.15) is 76.7 Å². The maximum atomic E-state index is 13.0. The Balaban J connectivity index is 1.43. The SMILES string of the molecule is C=C1CC2C/C=C\C(=O)OC3C(C)C(C/C=C/c4cccc(c4)C4OCCC(CC(C1)O2)O4)OC(/C(C)=C/C#N)C3C. The topological polar surface area (TPSA) is 87.0 Å². The van der Waals surface area contributed by atoms with E-state index in [-0.39, 0.29) is 54.4 Å². The molecule has 5 rings (SSSR count). The zero-order valence-electron chi connectivity index (χ0n) is 24.9. The van der Waals surface area contributed by atoms with Crippen molar-refractivity contribution in [3.05, 3.63) is 77.4 Å². The van der Waals surface area contributed by atoms with Crippen LogP contribution in [-0.4, -0.2) is 49.2 Å². The maximum Gasteiger partial charge on any atom is 0.330 e. The number of carbonyl (C=O) groups is 1. The number of carbonyl (C=O) groups excluding carboxylic acids is 1. The standard InChI is InChI=1S/C35H43NO6/c1-22-18-28-11-7-13-32(37)42-34-24(3)31(41-33(25(34)4)23(2)14-16-36)12-6-9-26-8-5-10-27(20-26)35-38-17-15-29(40-35)21-30(19-22)39-28/h5-10,13-14,20,24-25,28-31,33-35H,1,11-12,15,17-19,21H2,2-4H3/b9-6+,13-7-,23-14+. The van der Waals surface area contributed by atoms with E-state index in [4.69, 9.17) is 23.7 Å². The fourth-order valence-corrected chi connectivity index (χ4v) is 6.73. The van der Waals surface area contributed by atoms with Gasteiger partial charge < -0.3 is 23.7 Å². The summed E-state index contributed by atoms with van der Waals surface area (Å²) >= 11 is 0. The first-order valence-electron chi connectivity index (χ1n) is 15.2.